The fourth-order valence-corrected chi connectivity index (χ4v) is 3.89. The summed E-state index contributed by atoms with van der Waals surface area (Å²) in [6, 6.07) is 11.8. The molecule has 11 heteroatoms. The maximum atomic E-state index is 14.0. The standard InChI is InChI=1S/C25H17F5N2O3S/c1-12-5-3-4-6-16(12)32-24(33)15(31-25(32)36)10-13-7-8-17(34-2)14(9-13)11-35-23-21(29)19(27)18(26)20(28)22(23)30/h3-10H,11H2,1-2H3,(H,31,36)/b15-10+. The van der Waals surface area contributed by atoms with Crippen molar-refractivity contribution in [3.8, 4) is 11.5 Å². The Morgan fingerprint density at radius 1 is 0.972 bits per heavy atom. The zero-order chi connectivity index (χ0) is 26.1. The molecule has 0 radical (unpaired) electrons. The van der Waals surface area contributed by atoms with Gasteiger partial charge >= 0.3 is 0 Å². The maximum absolute atomic E-state index is 14.0. The summed E-state index contributed by atoms with van der Waals surface area (Å²) in [5.74, 6) is -12.3. The number of carbonyl (C=O) groups is 1. The predicted molar refractivity (Wildman–Crippen MR) is 126 cm³/mol. The predicted octanol–water partition coefficient (Wildman–Crippen LogP) is 5.54. The highest BCUT2D eigenvalue weighted by Crippen LogP contribution is 2.31. The van der Waals surface area contributed by atoms with Gasteiger partial charge in [-0.05, 0) is 54.5 Å². The minimum atomic E-state index is -2.28. The van der Waals surface area contributed by atoms with E-state index in [1.54, 1.807) is 18.2 Å². The van der Waals surface area contributed by atoms with E-state index < -0.39 is 47.3 Å². The smallest absolute Gasteiger partial charge is 0.281 e. The quantitative estimate of drug-likeness (QED) is 0.152. The van der Waals surface area contributed by atoms with Crippen molar-refractivity contribution in [2.45, 2.75) is 13.5 Å². The number of ether oxygens (including phenoxy) is 2. The molecule has 0 bridgehead atoms. The van der Waals surface area contributed by atoms with Crippen LogP contribution in [0.5, 0.6) is 11.5 Å². The maximum Gasteiger partial charge on any atom is 0.281 e. The van der Waals surface area contributed by atoms with Gasteiger partial charge in [-0.3, -0.25) is 9.69 Å². The number of thiocarbonyl (C=S) groups is 1. The van der Waals surface area contributed by atoms with Crippen molar-refractivity contribution >= 4 is 35.0 Å². The van der Waals surface area contributed by atoms with Crippen LogP contribution in [0, 0.1) is 36.0 Å². The Hall–Kier alpha value is -3.99. The SMILES string of the molecule is COc1ccc(/C=C2/NC(=S)N(c3ccccc3C)C2=O)cc1COc1c(F)c(F)c(F)c(F)c1F. The molecule has 0 aliphatic carbocycles. The highest BCUT2D eigenvalue weighted by atomic mass is 32.1. The summed E-state index contributed by atoms with van der Waals surface area (Å²) in [6.45, 7) is 1.25. The number of methoxy groups -OCH3 is 1. The fraction of sp³-hybridized carbons (Fsp3) is 0.120. The molecule has 1 amide bonds. The van der Waals surface area contributed by atoms with E-state index in [1.807, 2.05) is 19.1 Å². The number of benzene rings is 3. The molecular formula is C25H17F5N2O3S. The Morgan fingerprint density at radius 2 is 1.61 bits per heavy atom. The van der Waals surface area contributed by atoms with E-state index in [9.17, 15) is 26.7 Å². The lowest BCUT2D eigenvalue weighted by atomic mass is 10.1. The average molecular weight is 520 g/mol. The third-order valence-corrected chi connectivity index (χ3v) is 5.68. The van der Waals surface area contributed by atoms with Crippen molar-refractivity contribution in [3.63, 3.8) is 0 Å². The number of rotatable bonds is 6. The molecule has 1 heterocycles. The van der Waals surface area contributed by atoms with Crippen molar-refractivity contribution in [2.24, 2.45) is 0 Å². The van der Waals surface area contributed by atoms with Crippen molar-refractivity contribution < 1.29 is 36.2 Å². The number of carbonyl (C=O) groups excluding carboxylic acids is 1. The van der Waals surface area contributed by atoms with Gasteiger partial charge in [0.1, 0.15) is 18.1 Å². The summed E-state index contributed by atoms with van der Waals surface area (Å²) in [7, 11) is 1.33. The van der Waals surface area contributed by atoms with E-state index in [0.717, 1.165) is 5.56 Å². The molecule has 36 heavy (non-hydrogen) atoms. The second-order valence-corrected chi connectivity index (χ2v) is 8.06. The van der Waals surface area contributed by atoms with Gasteiger partial charge in [-0.15, -0.1) is 0 Å². The van der Waals surface area contributed by atoms with Crippen LogP contribution < -0.4 is 19.7 Å². The van der Waals surface area contributed by atoms with Gasteiger partial charge in [0, 0.05) is 5.56 Å². The van der Waals surface area contributed by atoms with Gasteiger partial charge in [0.2, 0.25) is 29.1 Å². The van der Waals surface area contributed by atoms with Crippen LogP contribution >= 0.6 is 12.2 Å². The van der Waals surface area contributed by atoms with Gasteiger partial charge in [-0.25, -0.2) is 13.2 Å². The van der Waals surface area contributed by atoms with E-state index >= 15 is 0 Å². The molecule has 1 fully saturated rings. The summed E-state index contributed by atoms with van der Waals surface area (Å²) >= 11 is 5.32. The van der Waals surface area contributed by atoms with Crippen LogP contribution in [0.25, 0.3) is 6.08 Å². The molecule has 1 aliphatic rings. The van der Waals surface area contributed by atoms with Gasteiger partial charge in [0.25, 0.3) is 5.91 Å². The molecule has 5 nitrogen and oxygen atoms in total. The molecule has 4 rings (SSSR count). The number of amides is 1. The van der Waals surface area contributed by atoms with Gasteiger partial charge in [-0.1, -0.05) is 24.3 Å². The lowest BCUT2D eigenvalue weighted by Crippen LogP contribution is -2.30. The van der Waals surface area contributed by atoms with Crippen molar-refractivity contribution in [1.82, 2.24) is 5.32 Å². The van der Waals surface area contributed by atoms with Gasteiger partial charge in [-0.2, -0.15) is 8.78 Å². The summed E-state index contributed by atoms with van der Waals surface area (Å²) < 4.78 is 78.4. The Kier molecular flexibility index (Phi) is 6.93. The van der Waals surface area contributed by atoms with E-state index in [0.29, 0.717) is 11.3 Å². The highest BCUT2D eigenvalue weighted by molar-refractivity contribution is 7.80. The molecule has 1 N–H and O–H groups in total. The van der Waals surface area contributed by atoms with Crippen molar-refractivity contribution in [2.75, 3.05) is 12.0 Å². The third kappa shape index (κ3) is 4.49. The van der Waals surface area contributed by atoms with Crippen LogP contribution in [0.15, 0.2) is 48.2 Å². The number of aryl methyl sites for hydroxylation is 1. The normalized spacial score (nSPS) is 14.4. The zero-order valence-electron chi connectivity index (χ0n) is 18.8. The molecule has 1 aliphatic heterocycles. The van der Waals surface area contributed by atoms with E-state index in [2.05, 4.69) is 5.32 Å². The van der Waals surface area contributed by atoms with Crippen molar-refractivity contribution in [3.05, 3.63) is 93.9 Å². The van der Waals surface area contributed by atoms with Crippen molar-refractivity contribution in [1.29, 1.82) is 0 Å². The van der Waals surface area contributed by atoms with Crippen LogP contribution in [0.4, 0.5) is 27.6 Å². The molecule has 0 unspecified atom stereocenters. The monoisotopic (exact) mass is 520 g/mol. The number of para-hydroxylation sites is 1. The second-order valence-electron chi connectivity index (χ2n) is 7.67. The first-order valence-electron chi connectivity index (χ1n) is 10.4. The summed E-state index contributed by atoms with van der Waals surface area (Å²) in [4.78, 5) is 14.4. The topological polar surface area (TPSA) is 50.8 Å². The Bertz CT molecular complexity index is 1400. The number of hydrogen-bond donors (Lipinski definition) is 1. The average Bonchev–Trinajstić information content (AvgIpc) is 3.14. The largest absolute Gasteiger partial charge is 0.496 e. The first-order chi connectivity index (χ1) is 17.1. The molecule has 0 spiro atoms. The third-order valence-electron chi connectivity index (χ3n) is 5.39. The zero-order valence-corrected chi connectivity index (χ0v) is 19.6. The van der Waals surface area contributed by atoms with E-state index in [4.69, 9.17) is 21.7 Å². The molecule has 3 aromatic rings. The molecular weight excluding hydrogens is 503 g/mol. The molecule has 3 aromatic carbocycles. The molecule has 1 saturated heterocycles. The lowest BCUT2D eigenvalue weighted by Gasteiger charge is -2.16. The number of nitrogens with one attached hydrogen (secondary N) is 1. The first-order valence-corrected chi connectivity index (χ1v) is 10.8. The van der Waals surface area contributed by atoms with Crippen LogP contribution in [0.1, 0.15) is 16.7 Å². The first kappa shape index (κ1) is 25.1. The van der Waals surface area contributed by atoms with Gasteiger partial charge in [0.05, 0.1) is 12.8 Å². The minimum absolute atomic E-state index is 0.167. The lowest BCUT2D eigenvalue weighted by molar-refractivity contribution is -0.113. The molecule has 186 valence electrons. The highest BCUT2D eigenvalue weighted by Gasteiger charge is 2.33. The summed E-state index contributed by atoms with van der Waals surface area (Å²) in [5.41, 5.74) is 2.31. The number of halogens is 5. The number of hydrogen-bond acceptors (Lipinski definition) is 4. The second kappa shape index (κ2) is 9.94. The Labute approximate surface area is 207 Å². The van der Waals surface area contributed by atoms with E-state index in [-0.39, 0.29) is 22.1 Å². The van der Waals surface area contributed by atoms with Gasteiger partial charge in [0.15, 0.2) is 10.9 Å². The summed E-state index contributed by atoms with van der Waals surface area (Å²) in [5, 5.41) is 3.04. The minimum Gasteiger partial charge on any atom is -0.496 e. The van der Waals surface area contributed by atoms with Crippen LogP contribution in [-0.2, 0) is 11.4 Å². The fourth-order valence-electron chi connectivity index (χ4n) is 3.60. The number of nitrogens with zero attached hydrogens (tertiary/aromatic N) is 1. The Morgan fingerprint density at radius 3 is 2.25 bits per heavy atom. The van der Waals surface area contributed by atoms with Crippen LogP contribution in [0.2, 0.25) is 0 Å². The Balaban J connectivity index is 1.63. The molecule has 0 atom stereocenters. The van der Waals surface area contributed by atoms with Gasteiger partial charge < -0.3 is 14.8 Å². The number of anilines is 1. The van der Waals surface area contributed by atoms with E-state index in [1.165, 1.54) is 30.2 Å². The molecule has 0 saturated carbocycles. The van der Waals surface area contributed by atoms with Crippen LogP contribution in [-0.4, -0.2) is 18.1 Å². The van der Waals surface area contributed by atoms with Crippen LogP contribution in [0.3, 0.4) is 0 Å². The molecule has 0 aromatic heterocycles. The summed E-state index contributed by atoms with van der Waals surface area (Å²) in [6.07, 6.45) is 1.49.